The summed E-state index contributed by atoms with van der Waals surface area (Å²) >= 11 is 0. The average Bonchev–Trinajstić information content (AvgIpc) is 3.74. The fourth-order valence-corrected chi connectivity index (χ4v) is 7.91. The maximum absolute atomic E-state index is 15.3. The Hall–Kier alpha value is -3.96. The number of hydrogen-bond donors (Lipinski definition) is 0. The Morgan fingerprint density at radius 3 is 1.70 bits per heavy atom. The molecule has 292 valence electrons. The molecule has 2 heterocycles. The molecule has 54 heavy (non-hydrogen) atoms. The van der Waals surface area contributed by atoms with Gasteiger partial charge in [0.05, 0.1) is 19.8 Å². The van der Waals surface area contributed by atoms with Gasteiger partial charge in [-0.05, 0) is 97.0 Å². The first-order chi connectivity index (χ1) is 26.2. The molecule has 2 saturated heterocycles. The van der Waals surface area contributed by atoms with E-state index < -0.39 is 70.8 Å². The number of fused-ring (bicyclic) bond motifs is 1. The summed E-state index contributed by atoms with van der Waals surface area (Å²) in [7, 11) is 0. The Bertz CT molecular complexity index is 1690. The number of halogens is 4. The Morgan fingerprint density at radius 1 is 0.648 bits per heavy atom. The molecule has 3 aromatic carbocycles. The van der Waals surface area contributed by atoms with Gasteiger partial charge in [0, 0.05) is 0 Å². The molecule has 6 rings (SSSR count). The SMILES string of the molecule is CCCCCCOc1ccc(-c2cc(F)c(C(=O)OC3CO[C@H]4[C@@H](OC(=O)c5c(F)cc(C6CCC(CCCCC)CC6)cc5F)CO[C@@H]34)c(F)c2)cc1. The van der Waals surface area contributed by atoms with E-state index in [1.165, 1.54) is 37.8 Å². The Morgan fingerprint density at radius 2 is 1.17 bits per heavy atom. The maximum Gasteiger partial charge on any atom is 0.344 e. The third-order valence-corrected chi connectivity index (χ3v) is 11.0. The van der Waals surface area contributed by atoms with Gasteiger partial charge in [0.1, 0.15) is 52.4 Å². The molecule has 4 atom stereocenters. The van der Waals surface area contributed by atoms with Crippen LogP contribution < -0.4 is 4.74 Å². The van der Waals surface area contributed by atoms with E-state index in [-0.39, 0.29) is 24.7 Å². The van der Waals surface area contributed by atoms with Gasteiger partial charge in [0.25, 0.3) is 0 Å². The first kappa shape index (κ1) is 39.7. The van der Waals surface area contributed by atoms with Crippen molar-refractivity contribution in [3.63, 3.8) is 0 Å². The zero-order chi connectivity index (χ0) is 38.2. The van der Waals surface area contributed by atoms with Crippen LogP contribution >= 0.6 is 0 Å². The van der Waals surface area contributed by atoms with Crippen LogP contribution in [-0.2, 0) is 18.9 Å². The Labute approximate surface area is 314 Å². The highest BCUT2D eigenvalue weighted by molar-refractivity contribution is 5.91. The summed E-state index contributed by atoms with van der Waals surface area (Å²) in [5.74, 6) is -5.35. The lowest BCUT2D eigenvalue weighted by atomic mass is 9.77. The van der Waals surface area contributed by atoms with Crippen molar-refractivity contribution < 1.29 is 50.8 Å². The first-order valence-electron chi connectivity index (χ1n) is 19.5. The molecule has 7 nitrogen and oxygen atoms in total. The van der Waals surface area contributed by atoms with Crippen LogP contribution in [0.1, 0.15) is 123 Å². The van der Waals surface area contributed by atoms with Gasteiger partial charge in [-0.3, -0.25) is 0 Å². The predicted octanol–water partition coefficient (Wildman–Crippen LogP) is 10.3. The van der Waals surface area contributed by atoms with E-state index in [9.17, 15) is 9.59 Å². The quantitative estimate of drug-likeness (QED) is 0.0818. The molecule has 1 unspecified atom stereocenters. The normalized spacial score (nSPS) is 23.6. The van der Waals surface area contributed by atoms with Crippen molar-refractivity contribution in [3.05, 3.63) is 88.5 Å². The zero-order valence-corrected chi connectivity index (χ0v) is 31.1. The molecule has 0 radical (unpaired) electrons. The monoisotopic (exact) mass is 754 g/mol. The fraction of sp³-hybridized carbons (Fsp3) is 0.535. The van der Waals surface area contributed by atoms with Crippen LogP contribution in [0.5, 0.6) is 5.75 Å². The second-order valence-electron chi connectivity index (χ2n) is 14.8. The van der Waals surface area contributed by atoms with E-state index in [1.807, 2.05) is 0 Å². The van der Waals surface area contributed by atoms with Gasteiger partial charge in [0.15, 0.2) is 12.2 Å². The number of esters is 2. The highest BCUT2D eigenvalue weighted by atomic mass is 19.1. The van der Waals surface area contributed by atoms with Crippen LogP contribution in [0.15, 0.2) is 48.5 Å². The summed E-state index contributed by atoms with van der Waals surface area (Å²) in [5, 5.41) is 0. The number of unbranched alkanes of at least 4 members (excludes halogenated alkanes) is 5. The van der Waals surface area contributed by atoms with E-state index in [1.54, 1.807) is 24.3 Å². The number of hydrogen-bond acceptors (Lipinski definition) is 7. The lowest BCUT2D eigenvalue weighted by molar-refractivity contribution is -0.0293. The van der Waals surface area contributed by atoms with Crippen LogP contribution in [0.4, 0.5) is 17.6 Å². The largest absolute Gasteiger partial charge is 0.494 e. The van der Waals surface area contributed by atoms with Gasteiger partial charge >= 0.3 is 11.9 Å². The predicted molar refractivity (Wildman–Crippen MR) is 195 cm³/mol. The molecule has 0 N–H and O–H groups in total. The molecule has 1 saturated carbocycles. The smallest absolute Gasteiger partial charge is 0.344 e. The summed E-state index contributed by atoms with van der Waals surface area (Å²) in [6, 6.07) is 11.4. The fourth-order valence-electron chi connectivity index (χ4n) is 7.91. The van der Waals surface area contributed by atoms with Gasteiger partial charge in [-0.2, -0.15) is 0 Å². The Kier molecular flexibility index (Phi) is 13.7. The summed E-state index contributed by atoms with van der Waals surface area (Å²) in [4.78, 5) is 26.1. The molecule has 0 bridgehead atoms. The standard InChI is InChI=1S/C43H50F4O7/c1-3-5-7-9-19-50-31-17-15-28(16-18-31)30-22-34(46)39(35(47)23-30)43(49)54-37-25-52-40-36(24-51-41(37)40)53-42(48)38-32(44)20-29(21-33(38)45)27-13-11-26(12-14-27)10-8-6-4-2/h15-18,20-23,26-27,36-37,40-41H,3-14,19,24-25H2,1-2H3/t26?,27?,36-,37?,40-,41-/m0/s1. The number of rotatable bonds is 16. The third-order valence-electron chi connectivity index (χ3n) is 11.0. The van der Waals surface area contributed by atoms with Crippen molar-refractivity contribution in [1.82, 2.24) is 0 Å². The zero-order valence-electron chi connectivity index (χ0n) is 31.1. The molecule has 11 heteroatoms. The molecule has 1 aliphatic carbocycles. The van der Waals surface area contributed by atoms with Gasteiger partial charge in [-0.25, -0.2) is 27.2 Å². The molecular weight excluding hydrogens is 704 g/mol. The minimum Gasteiger partial charge on any atom is -0.494 e. The van der Waals surface area contributed by atoms with Crippen molar-refractivity contribution in [2.24, 2.45) is 5.92 Å². The molecule has 3 fully saturated rings. The maximum atomic E-state index is 15.3. The molecule has 0 aromatic heterocycles. The number of carbonyl (C=O) groups excluding carboxylic acids is 2. The topological polar surface area (TPSA) is 80.3 Å². The van der Waals surface area contributed by atoms with E-state index in [0.717, 1.165) is 63.5 Å². The van der Waals surface area contributed by atoms with Gasteiger partial charge in [0.2, 0.25) is 0 Å². The van der Waals surface area contributed by atoms with E-state index >= 15 is 17.6 Å². The molecule has 0 amide bonds. The van der Waals surface area contributed by atoms with E-state index in [0.29, 0.717) is 29.4 Å². The van der Waals surface area contributed by atoms with Crippen LogP contribution in [0.25, 0.3) is 11.1 Å². The molecule has 3 aliphatic rings. The lowest BCUT2D eigenvalue weighted by Crippen LogP contribution is -2.36. The average molecular weight is 755 g/mol. The summed E-state index contributed by atoms with van der Waals surface area (Å²) in [5.41, 5.74) is -0.370. The molecule has 0 spiro atoms. The first-order valence-corrected chi connectivity index (χ1v) is 19.5. The van der Waals surface area contributed by atoms with Crippen molar-refractivity contribution in [2.75, 3.05) is 19.8 Å². The number of ether oxygens (including phenoxy) is 5. The van der Waals surface area contributed by atoms with Crippen molar-refractivity contribution in [1.29, 1.82) is 0 Å². The minimum absolute atomic E-state index is 0.0272. The lowest BCUT2D eigenvalue weighted by Gasteiger charge is -2.29. The van der Waals surface area contributed by atoms with Gasteiger partial charge < -0.3 is 23.7 Å². The molecular formula is C43H50F4O7. The van der Waals surface area contributed by atoms with Crippen molar-refractivity contribution >= 4 is 11.9 Å². The van der Waals surface area contributed by atoms with Crippen LogP contribution in [0.2, 0.25) is 0 Å². The Balaban J connectivity index is 1.02. The number of carbonyl (C=O) groups is 2. The van der Waals surface area contributed by atoms with E-state index in [4.69, 9.17) is 23.7 Å². The third kappa shape index (κ3) is 9.45. The van der Waals surface area contributed by atoms with Gasteiger partial charge in [-0.15, -0.1) is 0 Å². The van der Waals surface area contributed by atoms with Crippen LogP contribution in [0, 0.1) is 29.2 Å². The number of benzene rings is 3. The second-order valence-corrected chi connectivity index (χ2v) is 14.8. The minimum atomic E-state index is -1.25. The highest BCUT2D eigenvalue weighted by Crippen LogP contribution is 2.39. The summed E-state index contributed by atoms with van der Waals surface area (Å²) in [6.07, 6.45) is 8.82. The molecule has 2 aliphatic heterocycles. The summed E-state index contributed by atoms with van der Waals surface area (Å²) in [6.45, 7) is 4.49. The summed E-state index contributed by atoms with van der Waals surface area (Å²) < 4.78 is 89.0. The van der Waals surface area contributed by atoms with E-state index in [2.05, 4.69) is 13.8 Å². The second kappa shape index (κ2) is 18.6. The van der Waals surface area contributed by atoms with Gasteiger partial charge in [-0.1, -0.05) is 70.9 Å². The highest BCUT2D eigenvalue weighted by Gasteiger charge is 2.51. The van der Waals surface area contributed by atoms with Crippen molar-refractivity contribution in [3.8, 4) is 16.9 Å². The molecule has 3 aromatic rings. The van der Waals surface area contributed by atoms with Crippen LogP contribution in [-0.4, -0.2) is 56.2 Å². The van der Waals surface area contributed by atoms with Crippen molar-refractivity contribution in [2.45, 2.75) is 121 Å². The van der Waals surface area contributed by atoms with Crippen LogP contribution in [0.3, 0.4) is 0 Å².